The largest absolute Gasteiger partial charge is 0.507 e. The number of rotatable bonds is 2. The lowest BCUT2D eigenvalue weighted by Gasteiger charge is -2.34. The molecule has 0 saturated heterocycles. The Morgan fingerprint density at radius 2 is 2.10 bits per heavy atom. The van der Waals surface area contributed by atoms with E-state index in [1.807, 2.05) is 13.8 Å². The van der Waals surface area contributed by atoms with Crippen LogP contribution in [0.15, 0.2) is 12.1 Å². The molecule has 106 valence electrons. The Labute approximate surface area is 117 Å². The topological polar surface area (TPSA) is 60.9 Å². The summed E-state index contributed by atoms with van der Waals surface area (Å²) in [7, 11) is 0. The first-order valence-electron chi connectivity index (χ1n) is 6.83. The van der Waals surface area contributed by atoms with Crippen LogP contribution < -0.4 is 5.32 Å². The molecule has 1 aromatic carbocycles. The fourth-order valence-corrected chi connectivity index (χ4v) is 2.97. The SMILES string of the molecule is CCCc1[nH]nc2c1C(C)(C)Nc1c(F)ccc(O)c1-2. The van der Waals surface area contributed by atoms with E-state index < -0.39 is 5.54 Å². The van der Waals surface area contributed by atoms with Gasteiger partial charge in [0, 0.05) is 11.3 Å². The average Bonchev–Trinajstić information content (AvgIpc) is 2.79. The minimum absolute atomic E-state index is 0.0419. The highest BCUT2D eigenvalue weighted by atomic mass is 19.1. The van der Waals surface area contributed by atoms with E-state index in [0.29, 0.717) is 16.9 Å². The number of hydrogen-bond acceptors (Lipinski definition) is 3. The summed E-state index contributed by atoms with van der Waals surface area (Å²) in [6, 6.07) is 2.63. The molecule has 2 aromatic rings. The number of halogens is 1. The molecule has 0 radical (unpaired) electrons. The smallest absolute Gasteiger partial charge is 0.147 e. The lowest BCUT2D eigenvalue weighted by Crippen LogP contribution is -2.33. The number of nitrogens with zero attached hydrogens (tertiary/aromatic N) is 1. The highest BCUT2D eigenvalue weighted by Crippen LogP contribution is 2.48. The number of aromatic amines is 1. The number of anilines is 1. The van der Waals surface area contributed by atoms with Gasteiger partial charge in [0.15, 0.2) is 0 Å². The number of aromatic hydroxyl groups is 1. The van der Waals surface area contributed by atoms with Crippen LogP contribution in [-0.4, -0.2) is 15.3 Å². The van der Waals surface area contributed by atoms with Crippen LogP contribution in [0.3, 0.4) is 0 Å². The van der Waals surface area contributed by atoms with Crippen LogP contribution in [-0.2, 0) is 12.0 Å². The molecule has 5 heteroatoms. The van der Waals surface area contributed by atoms with Crippen molar-refractivity contribution < 1.29 is 9.50 Å². The number of aromatic nitrogens is 2. The number of benzene rings is 1. The number of hydrogen-bond donors (Lipinski definition) is 3. The van der Waals surface area contributed by atoms with Gasteiger partial charge in [0.25, 0.3) is 0 Å². The first-order chi connectivity index (χ1) is 9.45. The monoisotopic (exact) mass is 275 g/mol. The number of nitrogens with one attached hydrogen (secondary N) is 2. The van der Waals surface area contributed by atoms with Gasteiger partial charge in [0.1, 0.15) is 17.3 Å². The van der Waals surface area contributed by atoms with Crippen LogP contribution in [0.1, 0.15) is 38.4 Å². The van der Waals surface area contributed by atoms with E-state index >= 15 is 0 Å². The lowest BCUT2D eigenvalue weighted by atomic mass is 9.84. The Kier molecular flexibility index (Phi) is 2.74. The van der Waals surface area contributed by atoms with Crippen molar-refractivity contribution in [3.8, 4) is 17.0 Å². The minimum Gasteiger partial charge on any atom is -0.507 e. The van der Waals surface area contributed by atoms with Gasteiger partial charge < -0.3 is 10.4 Å². The summed E-state index contributed by atoms with van der Waals surface area (Å²) >= 11 is 0. The lowest BCUT2D eigenvalue weighted by molar-refractivity contribution is 0.473. The van der Waals surface area contributed by atoms with Gasteiger partial charge in [-0.2, -0.15) is 5.10 Å². The molecule has 20 heavy (non-hydrogen) atoms. The predicted octanol–water partition coefficient (Wildman–Crippen LogP) is 3.53. The summed E-state index contributed by atoms with van der Waals surface area (Å²) in [6.07, 6.45) is 1.87. The van der Waals surface area contributed by atoms with Gasteiger partial charge in [-0.25, -0.2) is 4.39 Å². The number of phenolic OH excluding ortho intramolecular Hbond substituents is 1. The molecule has 0 unspecified atom stereocenters. The van der Waals surface area contributed by atoms with Crippen LogP contribution in [0.25, 0.3) is 11.3 Å². The van der Waals surface area contributed by atoms with Gasteiger partial charge in [-0.3, -0.25) is 5.10 Å². The van der Waals surface area contributed by atoms with E-state index in [2.05, 4.69) is 22.4 Å². The summed E-state index contributed by atoms with van der Waals surface area (Å²) in [5.74, 6) is -0.336. The van der Waals surface area contributed by atoms with Crippen LogP contribution in [0, 0.1) is 5.82 Å². The van der Waals surface area contributed by atoms with Crippen LogP contribution in [0.2, 0.25) is 0 Å². The second-order valence-corrected chi connectivity index (χ2v) is 5.74. The average molecular weight is 275 g/mol. The van der Waals surface area contributed by atoms with Crippen molar-refractivity contribution >= 4 is 5.69 Å². The molecular formula is C15H18FN3O. The van der Waals surface area contributed by atoms with Crippen LogP contribution >= 0.6 is 0 Å². The fourth-order valence-electron chi connectivity index (χ4n) is 2.97. The molecule has 0 atom stereocenters. The standard InChI is InChI=1S/C15H18FN3O/c1-4-5-9-12-14(19-18-9)11-10(20)7-6-8(16)13(11)17-15(12,2)3/h6-7,17,20H,4-5H2,1-3H3,(H,18,19). The quantitative estimate of drug-likeness (QED) is 0.785. The Morgan fingerprint density at radius 1 is 1.35 bits per heavy atom. The summed E-state index contributed by atoms with van der Waals surface area (Å²) < 4.78 is 14.0. The van der Waals surface area contributed by atoms with Crippen molar-refractivity contribution in [3.63, 3.8) is 0 Å². The highest BCUT2D eigenvalue weighted by Gasteiger charge is 2.37. The van der Waals surface area contributed by atoms with Crippen molar-refractivity contribution in [1.29, 1.82) is 0 Å². The minimum atomic E-state index is -0.436. The van der Waals surface area contributed by atoms with Gasteiger partial charge in [-0.1, -0.05) is 13.3 Å². The van der Waals surface area contributed by atoms with Crippen molar-refractivity contribution in [1.82, 2.24) is 10.2 Å². The first-order valence-corrected chi connectivity index (χ1v) is 6.83. The molecule has 1 aromatic heterocycles. The maximum Gasteiger partial charge on any atom is 0.147 e. The molecule has 0 saturated carbocycles. The maximum atomic E-state index is 14.0. The summed E-state index contributed by atoms with van der Waals surface area (Å²) in [6.45, 7) is 6.08. The Balaban J connectivity index is 2.31. The van der Waals surface area contributed by atoms with E-state index in [1.54, 1.807) is 0 Å². The predicted molar refractivity (Wildman–Crippen MR) is 76.3 cm³/mol. The second-order valence-electron chi connectivity index (χ2n) is 5.74. The molecule has 0 bridgehead atoms. The normalized spacial score (nSPS) is 15.4. The number of fused-ring (bicyclic) bond motifs is 3. The van der Waals surface area contributed by atoms with Gasteiger partial charge in [0.2, 0.25) is 0 Å². The van der Waals surface area contributed by atoms with Crippen LogP contribution in [0.5, 0.6) is 5.75 Å². The Hall–Kier alpha value is -2.04. The molecule has 1 aliphatic heterocycles. The number of phenols is 1. The van der Waals surface area contributed by atoms with Gasteiger partial charge in [-0.15, -0.1) is 0 Å². The van der Waals surface area contributed by atoms with Gasteiger partial charge >= 0.3 is 0 Å². The van der Waals surface area contributed by atoms with E-state index in [1.165, 1.54) is 12.1 Å². The third-order valence-electron chi connectivity index (χ3n) is 3.77. The number of aryl methyl sites for hydroxylation is 1. The Bertz CT molecular complexity index is 676. The molecule has 0 fully saturated rings. The third-order valence-corrected chi connectivity index (χ3v) is 3.77. The van der Waals surface area contributed by atoms with E-state index in [9.17, 15) is 9.50 Å². The van der Waals surface area contributed by atoms with Crippen molar-refractivity contribution in [2.45, 2.75) is 39.2 Å². The summed E-state index contributed by atoms with van der Waals surface area (Å²) in [4.78, 5) is 0. The maximum absolute atomic E-state index is 14.0. The molecule has 0 spiro atoms. The van der Waals surface area contributed by atoms with E-state index in [-0.39, 0.29) is 11.6 Å². The van der Waals surface area contributed by atoms with Crippen molar-refractivity contribution in [3.05, 3.63) is 29.2 Å². The molecule has 0 aliphatic carbocycles. The molecular weight excluding hydrogens is 257 g/mol. The molecule has 0 amide bonds. The highest BCUT2D eigenvalue weighted by molar-refractivity contribution is 5.87. The zero-order chi connectivity index (χ0) is 14.5. The zero-order valence-corrected chi connectivity index (χ0v) is 11.8. The summed E-state index contributed by atoms with van der Waals surface area (Å²) in [5, 5.41) is 20.6. The van der Waals surface area contributed by atoms with Crippen molar-refractivity contribution in [2.75, 3.05) is 5.32 Å². The second kappa shape index (κ2) is 4.23. The summed E-state index contributed by atoms with van der Waals surface area (Å²) in [5.41, 5.74) is 3.01. The molecule has 1 aliphatic rings. The van der Waals surface area contributed by atoms with E-state index in [0.717, 1.165) is 24.1 Å². The third kappa shape index (κ3) is 1.69. The van der Waals surface area contributed by atoms with E-state index in [4.69, 9.17) is 0 Å². The Morgan fingerprint density at radius 3 is 2.80 bits per heavy atom. The fraction of sp³-hybridized carbons (Fsp3) is 0.400. The van der Waals surface area contributed by atoms with Crippen molar-refractivity contribution in [2.24, 2.45) is 0 Å². The van der Waals surface area contributed by atoms with Gasteiger partial charge in [0.05, 0.1) is 16.8 Å². The zero-order valence-electron chi connectivity index (χ0n) is 11.8. The molecule has 4 nitrogen and oxygen atoms in total. The first kappa shape index (κ1) is 13.0. The number of H-pyrrole nitrogens is 1. The van der Waals surface area contributed by atoms with Crippen LogP contribution in [0.4, 0.5) is 10.1 Å². The molecule has 3 rings (SSSR count). The molecule has 2 heterocycles. The molecule has 3 N–H and O–H groups in total. The van der Waals surface area contributed by atoms with Gasteiger partial charge in [-0.05, 0) is 32.4 Å².